The minimum atomic E-state index is -4.55. The Morgan fingerprint density at radius 3 is 2.62 bits per heavy atom. The lowest BCUT2D eigenvalue weighted by atomic mass is 10.1. The van der Waals surface area contributed by atoms with Gasteiger partial charge in [-0.15, -0.1) is 0 Å². The zero-order valence-corrected chi connectivity index (χ0v) is 11.2. The number of nitrogens with two attached hydrogens (primary N) is 1. The molecular weight excluding hydrogens is 287 g/mol. The average molecular weight is 303 g/mol. The molecule has 4 N–H and O–H groups in total. The standard InChI is InChI=1S/C12H16F3N5O/c13-12(14,15)8-5-9(19-11(18-8)20-16)17-7-3-4-21-10(7)6-1-2-6/h5-7,10H,1-4,16H2,(H2,17,18,19,20). The van der Waals surface area contributed by atoms with Crippen molar-refractivity contribution in [3.8, 4) is 0 Å². The van der Waals surface area contributed by atoms with Crippen molar-refractivity contribution in [3.05, 3.63) is 11.8 Å². The first-order chi connectivity index (χ1) is 9.97. The molecule has 1 aliphatic heterocycles. The van der Waals surface area contributed by atoms with Crippen molar-refractivity contribution < 1.29 is 17.9 Å². The molecule has 2 unspecified atom stereocenters. The molecule has 2 aliphatic rings. The van der Waals surface area contributed by atoms with Crippen molar-refractivity contribution in [2.45, 2.75) is 37.6 Å². The molecule has 6 nitrogen and oxygen atoms in total. The highest BCUT2D eigenvalue weighted by atomic mass is 19.4. The Labute approximate surface area is 119 Å². The van der Waals surface area contributed by atoms with Gasteiger partial charge in [0.25, 0.3) is 0 Å². The Morgan fingerprint density at radius 2 is 2.00 bits per heavy atom. The van der Waals surface area contributed by atoms with Gasteiger partial charge in [0, 0.05) is 12.7 Å². The Morgan fingerprint density at radius 1 is 1.24 bits per heavy atom. The summed E-state index contributed by atoms with van der Waals surface area (Å²) < 4.78 is 44.1. The van der Waals surface area contributed by atoms with E-state index in [-0.39, 0.29) is 23.9 Å². The maximum absolute atomic E-state index is 12.8. The van der Waals surface area contributed by atoms with Gasteiger partial charge in [-0.25, -0.2) is 10.8 Å². The molecule has 2 fully saturated rings. The lowest BCUT2D eigenvalue weighted by Gasteiger charge is -2.20. The minimum absolute atomic E-state index is 0.0286. The molecule has 0 spiro atoms. The van der Waals surface area contributed by atoms with E-state index in [1.165, 1.54) is 0 Å². The first kappa shape index (κ1) is 14.3. The van der Waals surface area contributed by atoms with Crippen LogP contribution in [0.5, 0.6) is 0 Å². The van der Waals surface area contributed by atoms with E-state index in [2.05, 4.69) is 20.7 Å². The van der Waals surface area contributed by atoms with E-state index < -0.39 is 11.9 Å². The van der Waals surface area contributed by atoms with E-state index in [0.717, 1.165) is 25.3 Å². The summed E-state index contributed by atoms with van der Waals surface area (Å²) >= 11 is 0. The fourth-order valence-corrected chi connectivity index (χ4v) is 2.58. The third-order valence-corrected chi connectivity index (χ3v) is 3.70. The number of nitrogens with one attached hydrogen (secondary N) is 2. The largest absolute Gasteiger partial charge is 0.433 e. The van der Waals surface area contributed by atoms with E-state index in [9.17, 15) is 13.2 Å². The van der Waals surface area contributed by atoms with Gasteiger partial charge in [0.1, 0.15) is 5.82 Å². The number of nitrogens with zero attached hydrogens (tertiary/aromatic N) is 2. The molecule has 1 aromatic rings. The monoisotopic (exact) mass is 303 g/mol. The topological polar surface area (TPSA) is 85.1 Å². The second-order valence-corrected chi connectivity index (χ2v) is 5.32. The van der Waals surface area contributed by atoms with Crippen LogP contribution in [-0.2, 0) is 10.9 Å². The second-order valence-electron chi connectivity index (χ2n) is 5.32. The molecule has 1 saturated heterocycles. The highest BCUT2D eigenvalue weighted by Gasteiger charge is 2.41. The van der Waals surface area contributed by atoms with E-state index in [4.69, 9.17) is 10.6 Å². The summed E-state index contributed by atoms with van der Waals surface area (Å²) in [7, 11) is 0. The van der Waals surface area contributed by atoms with Crippen LogP contribution in [0.4, 0.5) is 24.9 Å². The maximum atomic E-state index is 12.8. The van der Waals surface area contributed by atoms with Crippen molar-refractivity contribution in [1.29, 1.82) is 0 Å². The average Bonchev–Trinajstić information content (AvgIpc) is 3.18. The van der Waals surface area contributed by atoms with Crippen LogP contribution in [-0.4, -0.2) is 28.7 Å². The predicted octanol–water partition coefficient (Wildman–Crippen LogP) is 1.76. The summed E-state index contributed by atoms with van der Waals surface area (Å²) in [5, 5.41) is 3.03. The summed E-state index contributed by atoms with van der Waals surface area (Å²) in [6, 6.07) is 0.863. The molecule has 3 rings (SSSR count). The number of alkyl halides is 3. The highest BCUT2D eigenvalue weighted by Crippen LogP contribution is 2.39. The van der Waals surface area contributed by atoms with Gasteiger partial charge in [-0.3, -0.25) is 5.43 Å². The first-order valence-electron chi connectivity index (χ1n) is 6.78. The fraction of sp³-hybridized carbons (Fsp3) is 0.667. The molecule has 0 amide bonds. The molecule has 21 heavy (non-hydrogen) atoms. The number of anilines is 2. The lowest BCUT2D eigenvalue weighted by Crippen LogP contribution is -2.31. The number of hydrogen-bond donors (Lipinski definition) is 3. The van der Waals surface area contributed by atoms with Crippen molar-refractivity contribution in [3.63, 3.8) is 0 Å². The molecule has 2 heterocycles. The van der Waals surface area contributed by atoms with Crippen molar-refractivity contribution in [1.82, 2.24) is 9.97 Å². The fourth-order valence-electron chi connectivity index (χ4n) is 2.58. The smallest absolute Gasteiger partial charge is 0.376 e. The summed E-state index contributed by atoms with van der Waals surface area (Å²) in [6.45, 7) is 0.609. The van der Waals surface area contributed by atoms with Gasteiger partial charge >= 0.3 is 6.18 Å². The zero-order chi connectivity index (χ0) is 15.0. The molecule has 2 atom stereocenters. The molecule has 0 bridgehead atoms. The number of hydrogen-bond acceptors (Lipinski definition) is 6. The minimum Gasteiger partial charge on any atom is -0.376 e. The van der Waals surface area contributed by atoms with E-state index in [0.29, 0.717) is 12.5 Å². The van der Waals surface area contributed by atoms with Crippen LogP contribution in [0.15, 0.2) is 6.07 Å². The zero-order valence-electron chi connectivity index (χ0n) is 11.2. The highest BCUT2D eigenvalue weighted by molar-refractivity contribution is 5.44. The van der Waals surface area contributed by atoms with Crippen LogP contribution >= 0.6 is 0 Å². The van der Waals surface area contributed by atoms with Crippen LogP contribution in [0.1, 0.15) is 25.0 Å². The molecule has 0 aromatic carbocycles. The van der Waals surface area contributed by atoms with Gasteiger partial charge in [0.2, 0.25) is 5.95 Å². The van der Waals surface area contributed by atoms with Crippen LogP contribution in [0.3, 0.4) is 0 Å². The lowest BCUT2D eigenvalue weighted by molar-refractivity contribution is -0.141. The van der Waals surface area contributed by atoms with Crippen LogP contribution < -0.4 is 16.6 Å². The van der Waals surface area contributed by atoms with Gasteiger partial charge < -0.3 is 10.1 Å². The van der Waals surface area contributed by atoms with Gasteiger partial charge in [0.15, 0.2) is 5.69 Å². The molecule has 116 valence electrons. The van der Waals surface area contributed by atoms with Gasteiger partial charge in [-0.1, -0.05) is 0 Å². The van der Waals surface area contributed by atoms with E-state index >= 15 is 0 Å². The van der Waals surface area contributed by atoms with E-state index in [1.54, 1.807) is 0 Å². The Bertz CT molecular complexity index is 520. The molecule has 1 aromatic heterocycles. The van der Waals surface area contributed by atoms with Gasteiger partial charge in [-0.2, -0.15) is 18.2 Å². The number of rotatable bonds is 4. The van der Waals surface area contributed by atoms with Crippen LogP contribution in [0.2, 0.25) is 0 Å². The van der Waals surface area contributed by atoms with Gasteiger partial charge in [0.05, 0.1) is 12.1 Å². The van der Waals surface area contributed by atoms with Crippen LogP contribution in [0, 0.1) is 5.92 Å². The molecule has 1 aliphatic carbocycles. The number of nitrogen functional groups attached to an aromatic ring is 1. The normalized spacial score (nSPS) is 25.9. The second kappa shape index (κ2) is 5.30. The molecular formula is C12H16F3N5O. The number of ether oxygens (including phenoxy) is 1. The predicted molar refractivity (Wildman–Crippen MR) is 69.3 cm³/mol. The Hall–Kier alpha value is -1.61. The maximum Gasteiger partial charge on any atom is 0.433 e. The first-order valence-corrected chi connectivity index (χ1v) is 6.78. The molecule has 0 radical (unpaired) electrons. The summed E-state index contributed by atoms with van der Waals surface area (Å²) in [5.41, 5.74) is 1.03. The quantitative estimate of drug-likeness (QED) is 0.580. The molecule has 1 saturated carbocycles. The molecule has 9 heteroatoms. The third kappa shape index (κ3) is 3.18. The SMILES string of the molecule is NNc1nc(NC2CCOC2C2CC2)cc(C(F)(F)F)n1. The van der Waals surface area contributed by atoms with Crippen molar-refractivity contribution in [2.75, 3.05) is 17.3 Å². The number of hydrazine groups is 1. The van der Waals surface area contributed by atoms with Gasteiger partial charge in [-0.05, 0) is 25.2 Å². The van der Waals surface area contributed by atoms with Crippen molar-refractivity contribution >= 4 is 11.8 Å². The summed E-state index contributed by atoms with van der Waals surface area (Å²) in [4.78, 5) is 7.25. The van der Waals surface area contributed by atoms with Crippen molar-refractivity contribution in [2.24, 2.45) is 11.8 Å². The summed E-state index contributed by atoms with van der Waals surface area (Å²) in [5.74, 6) is 5.46. The number of halogens is 3. The summed E-state index contributed by atoms with van der Waals surface area (Å²) in [6.07, 6.45) is -1.54. The Kier molecular flexibility index (Phi) is 3.62. The number of aromatic nitrogens is 2. The van der Waals surface area contributed by atoms with Crippen LogP contribution in [0.25, 0.3) is 0 Å². The third-order valence-electron chi connectivity index (χ3n) is 3.70. The Balaban J connectivity index is 1.80. The van der Waals surface area contributed by atoms with E-state index in [1.807, 2.05) is 0 Å².